The number of hydrogen-bond acceptors (Lipinski definition) is 3. The Morgan fingerprint density at radius 3 is 2.58 bits per heavy atom. The number of carbonyl (C=O) groups is 1. The second-order valence-corrected chi connectivity index (χ2v) is 5.14. The molecule has 1 saturated heterocycles. The molecule has 1 saturated carbocycles. The maximum absolute atomic E-state index is 12.2. The number of hydrogen-bond donors (Lipinski definition) is 2. The van der Waals surface area contributed by atoms with Crippen LogP contribution in [0.4, 0.5) is 0 Å². The Labute approximate surface area is 112 Å². The van der Waals surface area contributed by atoms with Crippen molar-refractivity contribution in [2.75, 3.05) is 7.11 Å². The van der Waals surface area contributed by atoms with Crippen LogP contribution in [0.3, 0.4) is 0 Å². The Morgan fingerprint density at radius 1 is 1.32 bits per heavy atom. The normalized spacial score (nSPS) is 28.1. The second-order valence-electron chi connectivity index (χ2n) is 5.14. The first-order valence-electron chi connectivity index (χ1n) is 6.44. The fraction of sp³-hybridized carbons (Fsp3) is 0.429. The van der Waals surface area contributed by atoms with E-state index >= 15 is 0 Å². The number of rotatable bonds is 3. The van der Waals surface area contributed by atoms with E-state index in [0.717, 1.165) is 24.2 Å². The molecule has 100 valence electrons. The summed E-state index contributed by atoms with van der Waals surface area (Å²) < 4.78 is 5.13. The van der Waals surface area contributed by atoms with Gasteiger partial charge in [-0.25, -0.2) is 4.99 Å². The second kappa shape index (κ2) is 4.26. The van der Waals surface area contributed by atoms with E-state index in [0.29, 0.717) is 12.0 Å². The summed E-state index contributed by atoms with van der Waals surface area (Å²) in [5.41, 5.74) is 0.131. The van der Waals surface area contributed by atoms with Gasteiger partial charge >= 0.3 is 0 Å². The Morgan fingerprint density at radius 2 is 2.00 bits per heavy atom. The molecule has 5 heteroatoms. The predicted molar refractivity (Wildman–Crippen MR) is 72.1 cm³/mol. The summed E-state index contributed by atoms with van der Waals surface area (Å²) in [6.07, 6.45) is 2.22. The summed E-state index contributed by atoms with van der Waals surface area (Å²) in [5.74, 6) is 1.29. The molecule has 1 atom stereocenters. The molecule has 0 aromatic heterocycles. The molecule has 3 rings (SSSR count). The minimum Gasteiger partial charge on any atom is -0.497 e. The SMILES string of the molecule is COc1ccc(C2(C)NC(=NC3CC3)NC2=O)cc1. The zero-order valence-corrected chi connectivity index (χ0v) is 11.1. The van der Waals surface area contributed by atoms with Crippen LogP contribution in [-0.2, 0) is 10.3 Å². The third kappa shape index (κ3) is 2.16. The van der Waals surface area contributed by atoms with Gasteiger partial charge in [-0.15, -0.1) is 0 Å². The summed E-state index contributed by atoms with van der Waals surface area (Å²) in [6.45, 7) is 1.86. The van der Waals surface area contributed by atoms with Gasteiger partial charge in [0.25, 0.3) is 5.91 Å². The van der Waals surface area contributed by atoms with E-state index in [4.69, 9.17) is 4.74 Å². The van der Waals surface area contributed by atoms with Gasteiger partial charge in [-0.05, 0) is 37.5 Å². The van der Waals surface area contributed by atoms with Gasteiger partial charge in [0.1, 0.15) is 11.3 Å². The van der Waals surface area contributed by atoms with Crippen LogP contribution in [0.15, 0.2) is 29.3 Å². The van der Waals surface area contributed by atoms with Gasteiger partial charge in [-0.2, -0.15) is 0 Å². The third-order valence-corrected chi connectivity index (χ3v) is 3.58. The molecule has 2 fully saturated rings. The first-order valence-corrected chi connectivity index (χ1v) is 6.44. The molecule has 1 amide bonds. The van der Waals surface area contributed by atoms with Crippen molar-refractivity contribution in [3.05, 3.63) is 29.8 Å². The molecular formula is C14H17N3O2. The summed E-state index contributed by atoms with van der Waals surface area (Å²) in [6, 6.07) is 7.87. The number of methoxy groups -OCH3 is 1. The van der Waals surface area contributed by atoms with E-state index in [2.05, 4.69) is 15.6 Å². The van der Waals surface area contributed by atoms with Crippen molar-refractivity contribution in [2.45, 2.75) is 31.3 Å². The highest BCUT2D eigenvalue weighted by molar-refractivity contribution is 6.09. The highest BCUT2D eigenvalue weighted by Crippen LogP contribution is 2.28. The molecule has 1 aromatic carbocycles. The molecule has 0 radical (unpaired) electrons. The van der Waals surface area contributed by atoms with E-state index in [1.54, 1.807) is 7.11 Å². The number of carbonyl (C=O) groups excluding carboxylic acids is 1. The summed E-state index contributed by atoms with van der Waals surface area (Å²) >= 11 is 0. The Balaban J connectivity index is 1.86. The topological polar surface area (TPSA) is 62.7 Å². The van der Waals surface area contributed by atoms with Crippen molar-refractivity contribution in [1.82, 2.24) is 10.6 Å². The van der Waals surface area contributed by atoms with Crippen molar-refractivity contribution in [3.8, 4) is 5.75 Å². The fourth-order valence-corrected chi connectivity index (χ4v) is 2.14. The van der Waals surface area contributed by atoms with Crippen LogP contribution in [0.25, 0.3) is 0 Å². The van der Waals surface area contributed by atoms with Gasteiger partial charge in [-0.3, -0.25) is 10.1 Å². The molecule has 1 aliphatic heterocycles. The van der Waals surface area contributed by atoms with Crippen LogP contribution in [0.2, 0.25) is 0 Å². The molecule has 1 heterocycles. The average molecular weight is 259 g/mol. The smallest absolute Gasteiger partial charge is 0.256 e. The molecule has 19 heavy (non-hydrogen) atoms. The van der Waals surface area contributed by atoms with Gasteiger partial charge < -0.3 is 10.1 Å². The molecule has 5 nitrogen and oxygen atoms in total. The number of aliphatic imine (C=N–C) groups is 1. The molecule has 2 N–H and O–H groups in total. The molecule has 2 aliphatic rings. The highest BCUT2D eigenvalue weighted by Gasteiger charge is 2.42. The highest BCUT2D eigenvalue weighted by atomic mass is 16.5. The largest absolute Gasteiger partial charge is 0.497 e. The zero-order valence-electron chi connectivity index (χ0n) is 11.1. The Bertz CT molecular complexity index is 534. The van der Waals surface area contributed by atoms with Crippen LogP contribution < -0.4 is 15.4 Å². The number of ether oxygens (including phenoxy) is 1. The van der Waals surface area contributed by atoms with Gasteiger partial charge in [0.15, 0.2) is 5.96 Å². The van der Waals surface area contributed by atoms with Crippen molar-refractivity contribution in [3.63, 3.8) is 0 Å². The molecular weight excluding hydrogens is 242 g/mol. The molecule has 1 aromatic rings. The van der Waals surface area contributed by atoms with Crippen molar-refractivity contribution >= 4 is 11.9 Å². The lowest BCUT2D eigenvalue weighted by molar-refractivity contribution is -0.123. The fourth-order valence-electron chi connectivity index (χ4n) is 2.14. The molecule has 0 spiro atoms. The number of benzene rings is 1. The summed E-state index contributed by atoms with van der Waals surface area (Å²) in [4.78, 5) is 16.6. The van der Waals surface area contributed by atoms with Gasteiger partial charge in [-0.1, -0.05) is 12.1 Å². The number of nitrogens with zero attached hydrogens (tertiary/aromatic N) is 1. The average Bonchev–Trinajstić information content (AvgIpc) is 3.17. The minimum absolute atomic E-state index is 0.0722. The predicted octanol–water partition coefficient (Wildman–Crippen LogP) is 1.15. The van der Waals surface area contributed by atoms with E-state index in [-0.39, 0.29) is 5.91 Å². The number of nitrogens with one attached hydrogen (secondary N) is 2. The summed E-state index contributed by atoms with van der Waals surface area (Å²) in [7, 11) is 1.62. The lowest BCUT2D eigenvalue weighted by atomic mass is 9.92. The minimum atomic E-state index is -0.764. The molecule has 1 aliphatic carbocycles. The van der Waals surface area contributed by atoms with Crippen LogP contribution in [-0.4, -0.2) is 25.0 Å². The quantitative estimate of drug-likeness (QED) is 0.856. The Kier molecular flexibility index (Phi) is 2.69. The van der Waals surface area contributed by atoms with Crippen molar-refractivity contribution in [2.24, 2.45) is 4.99 Å². The maximum atomic E-state index is 12.2. The van der Waals surface area contributed by atoms with Crippen molar-refractivity contribution in [1.29, 1.82) is 0 Å². The zero-order chi connectivity index (χ0) is 13.5. The molecule has 0 bridgehead atoms. The third-order valence-electron chi connectivity index (χ3n) is 3.58. The number of guanidine groups is 1. The maximum Gasteiger partial charge on any atom is 0.256 e. The summed E-state index contributed by atoms with van der Waals surface area (Å²) in [5, 5.41) is 6.00. The van der Waals surface area contributed by atoms with E-state index in [9.17, 15) is 4.79 Å². The van der Waals surface area contributed by atoms with Gasteiger partial charge in [0.05, 0.1) is 13.2 Å². The van der Waals surface area contributed by atoms with Crippen LogP contribution in [0, 0.1) is 0 Å². The first-order chi connectivity index (χ1) is 9.11. The lowest BCUT2D eigenvalue weighted by Gasteiger charge is -2.21. The Hall–Kier alpha value is -2.04. The lowest BCUT2D eigenvalue weighted by Crippen LogP contribution is -2.40. The van der Waals surface area contributed by atoms with E-state index in [1.807, 2.05) is 31.2 Å². The van der Waals surface area contributed by atoms with Crippen LogP contribution >= 0.6 is 0 Å². The van der Waals surface area contributed by atoms with Crippen molar-refractivity contribution < 1.29 is 9.53 Å². The van der Waals surface area contributed by atoms with E-state index < -0.39 is 5.54 Å². The van der Waals surface area contributed by atoms with Gasteiger partial charge in [0, 0.05) is 0 Å². The van der Waals surface area contributed by atoms with Gasteiger partial charge in [0.2, 0.25) is 0 Å². The monoisotopic (exact) mass is 259 g/mol. The molecule has 1 unspecified atom stereocenters. The van der Waals surface area contributed by atoms with E-state index in [1.165, 1.54) is 0 Å². The van der Waals surface area contributed by atoms with Crippen LogP contribution in [0.1, 0.15) is 25.3 Å². The standard InChI is InChI=1S/C14H17N3O2/c1-14(9-3-7-11(19-2)8-4-9)12(18)16-13(17-14)15-10-5-6-10/h3-4,7-8,10H,5-6H2,1-2H3,(H2,15,16,17,18). The first kappa shape index (κ1) is 12.0. The van der Waals surface area contributed by atoms with Crippen LogP contribution in [0.5, 0.6) is 5.75 Å². The number of amides is 1.